The quantitative estimate of drug-likeness (QED) is 0.572. The molecule has 0 aromatic heterocycles. The summed E-state index contributed by atoms with van der Waals surface area (Å²) < 4.78 is 17.9. The Bertz CT molecular complexity index is 328. The first kappa shape index (κ1) is 12.0. The molecule has 82 valence electrons. The van der Waals surface area contributed by atoms with Crippen LogP contribution < -0.4 is 0 Å². The predicted molar refractivity (Wildman–Crippen MR) is 58.4 cm³/mol. The summed E-state index contributed by atoms with van der Waals surface area (Å²) in [4.78, 5) is 11.6. The third kappa shape index (κ3) is 4.34. The van der Waals surface area contributed by atoms with Gasteiger partial charge in [-0.1, -0.05) is 12.1 Å². The molecular weight excluding hydrogens is 215 g/mol. The number of carbonyl (C=O) groups excluding carboxylic acids is 1. The number of benzene rings is 1. The van der Waals surface area contributed by atoms with Gasteiger partial charge in [-0.05, 0) is 19.1 Å². The third-order valence-electron chi connectivity index (χ3n) is 1.71. The van der Waals surface area contributed by atoms with Gasteiger partial charge in [0.1, 0.15) is 5.82 Å². The van der Waals surface area contributed by atoms with Gasteiger partial charge in [0.2, 0.25) is 0 Å². The average Bonchev–Trinajstić information content (AvgIpc) is 2.21. The summed E-state index contributed by atoms with van der Waals surface area (Å²) in [6.07, 6.45) is 0.312. The van der Waals surface area contributed by atoms with Crippen molar-refractivity contribution in [3.8, 4) is 0 Å². The number of hydrogen-bond acceptors (Lipinski definition) is 3. The Labute approximate surface area is 92.8 Å². The molecule has 0 radical (unpaired) electrons. The van der Waals surface area contributed by atoms with Gasteiger partial charge < -0.3 is 4.74 Å². The number of thioether (sulfide) groups is 1. The standard InChI is InChI=1S/C11H13FO2S/c1-2-14-11(13)7-8-15-10-6-4-3-5-9(10)12/h3-6H,2,7-8H2,1H3. The van der Waals surface area contributed by atoms with Crippen molar-refractivity contribution in [1.29, 1.82) is 0 Å². The van der Waals surface area contributed by atoms with Crippen molar-refractivity contribution in [2.75, 3.05) is 12.4 Å². The van der Waals surface area contributed by atoms with E-state index in [1.165, 1.54) is 17.8 Å². The van der Waals surface area contributed by atoms with Crippen molar-refractivity contribution in [2.24, 2.45) is 0 Å². The minimum absolute atomic E-state index is 0.235. The first-order valence-corrected chi connectivity index (χ1v) is 5.75. The molecule has 0 N–H and O–H groups in total. The molecule has 0 saturated carbocycles. The Morgan fingerprint density at radius 1 is 1.47 bits per heavy atom. The highest BCUT2D eigenvalue weighted by atomic mass is 32.2. The maximum absolute atomic E-state index is 13.1. The molecule has 0 aliphatic carbocycles. The molecular formula is C11H13FO2S. The Morgan fingerprint density at radius 3 is 2.87 bits per heavy atom. The topological polar surface area (TPSA) is 26.3 Å². The molecule has 0 spiro atoms. The highest BCUT2D eigenvalue weighted by Crippen LogP contribution is 2.21. The van der Waals surface area contributed by atoms with Crippen LogP contribution in [0.5, 0.6) is 0 Å². The fraction of sp³-hybridized carbons (Fsp3) is 0.364. The van der Waals surface area contributed by atoms with Crippen LogP contribution in [-0.4, -0.2) is 18.3 Å². The van der Waals surface area contributed by atoms with Crippen LogP contribution in [0.3, 0.4) is 0 Å². The van der Waals surface area contributed by atoms with Gasteiger partial charge in [0.05, 0.1) is 13.0 Å². The summed E-state index contributed by atoms with van der Waals surface area (Å²) in [6.45, 7) is 2.16. The van der Waals surface area contributed by atoms with E-state index in [9.17, 15) is 9.18 Å². The van der Waals surface area contributed by atoms with Crippen LogP contribution in [0.1, 0.15) is 13.3 Å². The Balaban J connectivity index is 2.32. The zero-order valence-electron chi connectivity index (χ0n) is 8.53. The van der Waals surface area contributed by atoms with Crippen molar-refractivity contribution in [3.05, 3.63) is 30.1 Å². The maximum Gasteiger partial charge on any atom is 0.306 e. The maximum atomic E-state index is 13.1. The van der Waals surface area contributed by atoms with Crippen LogP contribution in [-0.2, 0) is 9.53 Å². The molecule has 0 aliphatic heterocycles. The number of ether oxygens (including phenoxy) is 1. The normalized spacial score (nSPS) is 10.0. The molecule has 1 aromatic carbocycles. The van der Waals surface area contributed by atoms with E-state index in [1.807, 2.05) is 0 Å². The molecule has 0 amide bonds. The second-order valence-electron chi connectivity index (χ2n) is 2.83. The smallest absolute Gasteiger partial charge is 0.306 e. The molecule has 0 bridgehead atoms. The lowest BCUT2D eigenvalue weighted by Gasteiger charge is -2.02. The molecule has 0 unspecified atom stereocenters. The Hall–Kier alpha value is -1.03. The van der Waals surface area contributed by atoms with Gasteiger partial charge in [-0.2, -0.15) is 0 Å². The molecule has 0 saturated heterocycles. The Kier molecular flexibility index (Phi) is 5.18. The van der Waals surface area contributed by atoms with Gasteiger partial charge in [0.25, 0.3) is 0 Å². The van der Waals surface area contributed by atoms with Gasteiger partial charge in [0, 0.05) is 10.6 Å². The van der Waals surface area contributed by atoms with Gasteiger partial charge >= 0.3 is 5.97 Å². The molecule has 1 aromatic rings. The number of carbonyl (C=O) groups is 1. The highest BCUT2D eigenvalue weighted by Gasteiger charge is 2.04. The van der Waals surface area contributed by atoms with Crippen LogP contribution in [0.15, 0.2) is 29.2 Å². The van der Waals surface area contributed by atoms with Crippen molar-refractivity contribution >= 4 is 17.7 Å². The van der Waals surface area contributed by atoms with Gasteiger partial charge in [-0.25, -0.2) is 4.39 Å². The van der Waals surface area contributed by atoms with Crippen molar-refractivity contribution < 1.29 is 13.9 Å². The van der Waals surface area contributed by atoms with Crippen LogP contribution in [0.2, 0.25) is 0 Å². The Morgan fingerprint density at radius 2 is 2.20 bits per heavy atom. The largest absolute Gasteiger partial charge is 0.466 e. The minimum atomic E-state index is -0.244. The molecule has 4 heteroatoms. The monoisotopic (exact) mass is 228 g/mol. The van der Waals surface area contributed by atoms with E-state index >= 15 is 0 Å². The number of hydrogen-bond donors (Lipinski definition) is 0. The molecule has 1 rings (SSSR count). The van der Waals surface area contributed by atoms with Crippen LogP contribution >= 0.6 is 11.8 Å². The van der Waals surface area contributed by atoms with Crippen molar-refractivity contribution in [1.82, 2.24) is 0 Å². The minimum Gasteiger partial charge on any atom is -0.466 e. The first-order chi connectivity index (χ1) is 7.24. The van der Waals surface area contributed by atoms with Gasteiger partial charge in [-0.3, -0.25) is 4.79 Å². The molecule has 15 heavy (non-hydrogen) atoms. The summed E-state index contributed by atoms with van der Waals surface area (Å²) >= 11 is 1.33. The fourth-order valence-corrected chi connectivity index (χ4v) is 1.91. The van der Waals surface area contributed by atoms with Gasteiger partial charge in [-0.15, -0.1) is 11.8 Å². The van der Waals surface area contributed by atoms with Gasteiger partial charge in [0.15, 0.2) is 0 Å². The van der Waals surface area contributed by atoms with E-state index in [4.69, 9.17) is 4.74 Å². The molecule has 0 fully saturated rings. The lowest BCUT2D eigenvalue weighted by molar-refractivity contribution is -0.142. The number of esters is 1. The summed E-state index contributed by atoms with van der Waals surface area (Å²) in [5.74, 6) is 0.0625. The van der Waals surface area contributed by atoms with Crippen molar-refractivity contribution in [2.45, 2.75) is 18.2 Å². The highest BCUT2D eigenvalue weighted by molar-refractivity contribution is 7.99. The summed E-state index contributed by atoms with van der Waals surface area (Å²) in [7, 11) is 0. The van der Waals surface area contributed by atoms with E-state index in [1.54, 1.807) is 25.1 Å². The second-order valence-corrected chi connectivity index (χ2v) is 3.97. The molecule has 0 heterocycles. The third-order valence-corrected chi connectivity index (χ3v) is 2.76. The van der Waals surface area contributed by atoms with Crippen LogP contribution in [0.4, 0.5) is 4.39 Å². The summed E-state index contributed by atoms with van der Waals surface area (Å²) in [6, 6.07) is 6.53. The molecule has 2 nitrogen and oxygen atoms in total. The number of halogens is 1. The van der Waals surface area contributed by atoms with E-state index in [2.05, 4.69) is 0 Å². The SMILES string of the molecule is CCOC(=O)CCSc1ccccc1F. The number of rotatable bonds is 5. The summed E-state index contributed by atoms with van der Waals surface area (Å²) in [5.41, 5.74) is 0. The predicted octanol–water partition coefficient (Wildman–Crippen LogP) is 2.87. The lowest BCUT2D eigenvalue weighted by atomic mass is 10.3. The fourth-order valence-electron chi connectivity index (χ4n) is 1.04. The van der Waals surface area contributed by atoms with E-state index in [-0.39, 0.29) is 11.8 Å². The zero-order valence-corrected chi connectivity index (χ0v) is 9.35. The molecule has 0 aliphatic rings. The molecule has 0 atom stereocenters. The zero-order chi connectivity index (χ0) is 11.1. The summed E-state index contributed by atoms with van der Waals surface area (Å²) in [5, 5.41) is 0. The van der Waals surface area contributed by atoms with E-state index < -0.39 is 0 Å². The van der Waals surface area contributed by atoms with E-state index in [0.717, 1.165) is 0 Å². The van der Waals surface area contributed by atoms with Crippen LogP contribution in [0, 0.1) is 5.82 Å². The lowest BCUT2D eigenvalue weighted by Crippen LogP contribution is -2.04. The average molecular weight is 228 g/mol. The van der Waals surface area contributed by atoms with Crippen LogP contribution in [0.25, 0.3) is 0 Å². The first-order valence-electron chi connectivity index (χ1n) is 4.77. The van der Waals surface area contributed by atoms with Crippen molar-refractivity contribution in [3.63, 3.8) is 0 Å². The van der Waals surface area contributed by atoms with E-state index in [0.29, 0.717) is 23.7 Å². The second kappa shape index (κ2) is 6.45.